The molecule has 1 aromatic rings. The maximum Gasteiger partial charge on any atom is 0.303 e. The summed E-state index contributed by atoms with van der Waals surface area (Å²) >= 11 is 0. The number of carbonyl (C=O) groups is 1. The van der Waals surface area contributed by atoms with Gasteiger partial charge in [-0.1, -0.05) is 19.0 Å². The number of rotatable bonds is 10. The second-order valence-corrected chi connectivity index (χ2v) is 4.75. The average Bonchev–Trinajstić information content (AvgIpc) is 2.90. The molecule has 0 atom stereocenters. The van der Waals surface area contributed by atoms with Gasteiger partial charge < -0.3 is 14.4 Å². The number of carboxylic acids is 1. The Morgan fingerprint density at radius 1 is 1.30 bits per heavy atom. The summed E-state index contributed by atoms with van der Waals surface area (Å²) in [6.45, 7) is 6.64. The fourth-order valence-corrected chi connectivity index (χ4v) is 2.21. The van der Waals surface area contributed by atoms with Crippen LogP contribution in [0.15, 0.2) is 4.52 Å². The van der Waals surface area contributed by atoms with Crippen molar-refractivity contribution >= 4 is 5.97 Å². The van der Waals surface area contributed by atoms with Gasteiger partial charge in [-0.05, 0) is 32.6 Å². The van der Waals surface area contributed by atoms with Gasteiger partial charge in [-0.25, -0.2) is 0 Å². The second kappa shape index (κ2) is 7.99. The summed E-state index contributed by atoms with van der Waals surface area (Å²) in [6.07, 6.45) is 3.70. The molecule has 1 rings (SSSR count). The molecule has 1 N–H and O–H groups in total. The lowest BCUT2D eigenvalue weighted by molar-refractivity contribution is -0.137. The smallest absolute Gasteiger partial charge is 0.303 e. The zero-order chi connectivity index (χ0) is 15.0. The monoisotopic (exact) mass is 284 g/mol. The van der Waals surface area contributed by atoms with Gasteiger partial charge in [-0.2, -0.15) is 4.98 Å². The molecule has 0 bridgehead atoms. The molecule has 6 nitrogen and oxygen atoms in total. The number of hydrogen-bond donors (Lipinski definition) is 1. The molecule has 0 aliphatic rings. The minimum absolute atomic E-state index is 0.174. The number of carboxylic acid groups (broad SMARTS) is 1. The topological polar surface area (TPSA) is 85.5 Å². The van der Waals surface area contributed by atoms with Crippen LogP contribution in [-0.2, 0) is 21.6 Å². The maximum atomic E-state index is 10.4. The number of aryl methyl sites for hydroxylation is 1. The van der Waals surface area contributed by atoms with Crippen LogP contribution in [0.25, 0.3) is 0 Å². The third-order valence-corrected chi connectivity index (χ3v) is 3.47. The second-order valence-electron chi connectivity index (χ2n) is 4.75. The Bertz CT molecular complexity index is 413. The predicted octanol–water partition coefficient (Wildman–Crippen LogP) is 2.92. The van der Waals surface area contributed by atoms with E-state index in [2.05, 4.69) is 10.1 Å². The largest absolute Gasteiger partial charge is 0.481 e. The molecular formula is C14H24N2O4. The minimum Gasteiger partial charge on any atom is -0.481 e. The van der Waals surface area contributed by atoms with E-state index in [9.17, 15) is 4.79 Å². The molecular weight excluding hydrogens is 260 g/mol. The summed E-state index contributed by atoms with van der Waals surface area (Å²) in [5.74, 6) is 0.373. The first-order valence-corrected chi connectivity index (χ1v) is 7.26. The van der Waals surface area contributed by atoms with Gasteiger partial charge in [0.2, 0.25) is 11.7 Å². The highest BCUT2D eigenvalue weighted by Gasteiger charge is 2.34. The third-order valence-electron chi connectivity index (χ3n) is 3.47. The Hall–Kier alpha value is -1.43. The molecule has 0 spiro atoms. The molecule has 1 aromatic heterocycles. The summed E-state index contributed by atoms with van der Waals surface area (Å²) < 4.78 is 11.1. The number of unbranched alkanes of at least 4 members (excludes halogenated alkanes) is 1. The van der Waals surface area contributed by atoms with E-state index < -0.39 is 11.6 Å². The molecule has 0 saturated heterocycles. The lowest BCUT2D eigenvalue weighted by atomic mass is 9.96. The number of ether oxygens (including phenoxy) is 1. The molecule has 0 saturated carbocycles. The van der Waals surface area contributed by atoms with Crippen molar-refractivity contribution in [3.8, 4) is 0 Å². The lowest BCUT2D eigenvalue weighted by Gasteiger charge is -2.27. The quantitative estimate of drug-likeness (QED) is 0.665. The molecule has 6 heteroatoms. The first kappa shape index (κ1) is 16.6. The molecule has 0 amide bonds. The van der Waals surface area contributed by atoms with E-state index in [-0.39, 0.29) is 6.42 Å². The van der Waals surface area contributed by atoms with Crippen molar-refractivity contribution in [2.75, 3.05) is 6.61 Å². The van der Waals surface area contributed by atoms with Gasteiger partial charge in [0.25, 0.3) is 0 Å². The van der Waals surface area contributed by atoms with E-state index in [0.717, 1.165) is 19.3 Å². The first-order chi connectivity index (χ1) is 9.57. The van der Waals surface area contributed by atoms with Crippen molar-refractivity contribution in [2.24, 2.45) is 0 Å². The van der Waals surface area contributed by atoms with Crippen molar-refractivity contribution in [1.82, 2.24) is 10.1 Å². The summed E-state index contributed by atoms with van der Waals surface area (Å²) in [4.78, 5) is 14.8. The van der Waals surface area contributed by atoms with Crippen LogP contribution in [0, 0.1) is 0 Å². The molecule has 0 aliphatic carbocycles. The highest BCUT2D eigenvalue weighted by Crippen LogP contribution is 2.30. The summed E-state index contributed by atoms with van der Waals surface area (Å²) in [6, 6.07) is 0. The van der Waals surface area contributed by atoms with E-state index in [1.54, 1.807) is 0 Å². The normalized spacial score (nSPS) is 11.8. The molecule has 0 fully saturated rings. The van der Waals surface area contributed by atoms with Crippen molar-refractivity contribution in [1.29, 1.82) is 0 Å². The van der Waals surface area contributed by atoms with Gasteiger partial charge in [0, 0.05) is 19.4 Å². The van der Waals surface area contributed by atoms with Gasteiger partial charge in [0.1, 0.15) is 5.60 Å². The van der Waals surface area contributed by atoms with Crippen LogP contribution in [0.4, 0.5) is 0 Å². The predicted molar refractivity (Wildman–Crippen MR) is 73.4 cm³/mol. The Morgan fingerprint density at radius 3 is 2.55 bits per heavy atom. The molecule has 0 unspecified atom stereocenters. The fourth-order valence-electron chi connectivity index (χ4n) is 2.21. The first-order valence-electron chi connectivity index (χ1n) is 7.26. The van der Waals surface area contributed by atoms with Crippen LogP contribution < -0.4 is 0 Å². The van der Waals surface area contributed by atoms with Gasteiger partial charge in [-0.3, -0.25) is 4.79 Å². The Morgan fingerprint density at radius 2 is 2.00 bits per heavy atom. The highest BCUT2D eigenvalue weighted by molar-refractivity contribution is 5.66. The summed E-state index contributed by atoms with van der Waals surface area (Å²) in [5, 5.41) is 12.6. The van der Waals surface area contributed by atoms with Crippen LogP contribution in [0.5, 0.6) is 0 Å². The van der Waals surface area contributed by atoms with Gasteiger partial charge in [0.15, 0.2) is 0 Å². The summed E-state index contributed by atoms with van der Waals surface area (Å²) in [7, 11) is 0. The number of aliphatic carboxylic acids is 1. The van der Waals surface area contributed by atoms with Crippen LogP contribution >= 0.6 is 0 Å². The van der Waals surface area contributed by atoms with E-state index in [4.69, 9.17) is 14.4 Å². The van der Waals surface area contributed by atoms with Gasteiger partial charge >= 0.3 is 5.97 Å². The molecule has 20 heavy (non-hydrogen) atoms. The fraction of sp³-hybridized carbons (Fsp3) is 0.786. The number of hydrogen-bond acceptors (Lipinski definition) is 5. The third kappa shape index (κ3) is 4.30. The molecule has 0 aliphatic heterocycles. The van der Waals surface area contributed by atoms with E-state index >= 15 is 0 Å². The van der Waals surface area contributed by atoms with Crippen LogP contribution in [0.3, 0.4) is 0 Å². The average molecular weight is 284 g/mol. The van der Waals surface area contributed by atoms with Crippen molar-refractivity contribution in [2.45, 2.75) is 64.9 Å². The van der Waals surface area contributed by atoms with Crippen molar-refractivity contribution in [3.63, 3.8) is 0 Å². The number of nitrogens with zero attached hydrogens (tertiary/aromatic N) is 2. The highest BCUT2D eigenvalue weighted by atomic mass is 16.5. The van der Waals surface area contributed by atoms with E-state index in [1.165, 1.54) is 0 Å². The number of aromatic nitrogens is 2. The maximum absolute atomic E-state index is 10.4. The molecule has 0 radical (unpaired) electrons. The van der Waals surface area contributed by atoms with E-state index in [1.807, 2.05) is 20.8 Å². The Balaban J connectivity index is 2.62. The lowest BCUT2D eigenvalue weighted by Crippen LogP contribution is -2.29. The zero-order valence-electron chi connectivity index (χ0n) is 12.5. The SMILES string of the molecule is CCOC(CC)(CC)c1noc(CCCCC(=O)O)n1. The van der Waals surface area contributed by atoms with Crippen molar-refractivity contribution < 1.29 is 19.2 Å². The standard InChI is InChI=1S/C14H24N2O4/c1-4-14(5-2,19-6-3)13-15-11(20-16-13)9-7-8-10-12(17)18/h4-10H2,1-3H3,(H,17,18). The van der Waals surface area contributed by atoms with Crippen molar-refractivity contribution in [3.05, 3.63) is 11.7 Å². The molecule has 1 heterocycles. The van der Waals surface area contributed by atoms with Crippen LogP contribution in [-0.4, -0.2) is 27.8 Å². The van der Waals surface area contributed by atoms with Crippen LogP contribution in [0.1, 0.15) is 64.6 Å². The Labute approximate surface area is 119 Å². The molecule has 114 valence electrons. The Kier molecular flexibility index (Phi) is 6.64. The van der Waals surface area contributed by atoms with Crippen LogP contribution in [0.2, 0.25) is 0 Å². The minimum atomic E-state index is -0.774. The zero-order valence-corrected chi connectivity index (χ0v) is 12.5. The van der Waals surface area contributed by atoms with E-state index in [0.29, 0.717) is 31.2 Å². The summed E-state index contributed by atoms with van der Waals surface area (Å²) in [5.41, 5.74) is -0.475. The van der Waals surface area contributed by atoms with Gasteiger partial charge in [0.05, 0.1) is 0 Å². The van der Waals surface area contributed by atoms with Gasteiger partial charge in [-0.15, -0.1) is 0 Å². The molecule has 0 aromatic carbocycles.